The molecule has 0 unspecified atom stereocenters. The zero-order chi connectivity index (χ0) is 19.6. The van der Waals surface area contributed by atoms with Crippen LogP contribution in [0.3, 0.4) is 0 Å². The van der Waals surface area contributed by atoms with E-state index in [4.69, 9.17) is 9.47 Å². The van der Waals surface area contributed by atoms with Crippen LogP contribution < -0.4 is 16.0 Å². The number of aliphatic hydroxyl groups is 2. The molecule has 0 aliphatic carbocycles. The fourth-order valence-corrected chi connectivity index (χ4v) is 3.05. The number of ketones is 1. The van der Waals surface area contributed by atoms with Gasteiger partial charge in [0, 0.05) is 18.7 Å². The summed E-state index contributed by atoms with van der Waals surface area (Å²) in [7, 11) is 1.42. The summed E-state index contributed by atoms with van der Waals surface area (Å²) in [5, 5.41) is 19.0. The number of nitrogens with zero attached hydrogens (tertiary/aromatic N) is 2. The highest BCUT2D eigenvalue weighted by atomic mass is 16.5. The number of aliphatic hydroxyl groups excluding tert-OH is 2. The van der Waals surface area contributed by atoms with E-state index in [0.29, 0.717) is 5.75 Å². The minimum atomic E-state index is -0.928. The van der Waals surface area contributed by atoms with Gasteiger partial charge in [-0.25, -0.2) is 4.79 Å². The first kappa shape index (κ1) is 19.0. The van der Waals surface area contributed by atoms with Crippen LogP contribution in [0.15, 0.2) is 46.1 Å². The Labute approximate surface area is 154 Å². The first-order valence-corrected chi connectivity index (χ1v) is 8.39. The third kappa shape index (κ3) is 3.70. The van der Waals surface area contributed by atoms with Gasteiger partial charge in [0.05, 0.1) is 31.9 Å². The van der Waals surface area contributed by atoms with Crippen molar-refractivity contribution < 1.29 is 24.5 Å². The number of carbonyl (C=O) groups is 1. The van der Waals surface area contributed by atoms with Crippen molar-refractivity contribution in [1.82, 2.24) is 9.13 Å². The SMILES string of the molecule is COc1ccccc1C(=O)Cn1c(=O)ccn([C@H]2C[C@H](O)[C@@H](CO)O2)c1=O. The smallest absolute Gasteiger partial charge is 0.333 e. The molecule has 1 aromatic heterocycles. The monoisotopic (exact) mass is 376 g/mol. The van der Waals surface area contributed by atoms with E-state index in [1.165, 1.54) is 13.3 Å². The molecule has 1 aliphatic rings. The summed E-state index contributed by atoms with van der Waals surface area (Å²) >= 11 is 0. The third-order valence-electron chi connectivity index (χ3n) is 4.50. The number of para-hydroxylation sites is 1. The molecule has 2 N–H and O–H groups in total. The highest BCUT2D eigenvalue weighted by Crippen LogP contribution is 2.27. The molecule has 9 nitrogen and oxygen atoms in total. The predicted octanol–water partition coefficient (Wildman–Crippen LogP) is -0.458. The van der Waals surface area contributed by atoms with Crippen molar-refractivity contribution in [3.05, 3.63) is 62.9 Å². The lowest BCUT2D eigenvalue weighted by molar-refractivity contribution is -0.0463. The van der Waals surface area contributed by atoms with E-state index in [2.05, 4.69) is 0 Å². The fourth-order valence-electron chi connectivity index (χ4n) is 3.05. The molecule has 0 radical (unpaired) electrons. The molecule has 2 aromatic rings. The topological polar surface area (TPSA) is 120 Å². The summed E-state index contributed by atoms with van der Waals surface area (Å²) in [5.41, 5.74) is -1.10. The molecule has 9 heteroatoms. The molecule has 0 saturated carbocycles. The van der Waals surface area contributed by atoms with Gasteiger partial charge in [0.1, 0.15) is 18.1 Å². The Morgan fingerprint density at radius 2 is 2.04 bits per heavy atom. The first-order valence-electron chi connectivity index (χ1n) is 8.39. The van der Waals surface area contributed by atoms with Crippen LogP contribution in [0.2, 0.25) is 0 Å². The molecule has 0 bridgehead atoms. The van der Waals surface area contributed by atoms with Crippen molar-refractivity contribution in [2.45, 2.75) is 31.4 Å². The van der Waals surface area contributed by atoms with Gasteiger partial charge in [-0.05, 0) is 12.1 Å². The molecular weight excluding hydrogens is 356 g/mol. The minimum absolute atomic E-state index is 0.0871. The number of carbonyl (C=O) groups excluding carboxylic acids is 1. The van der Waals surface area contributed by atoms with Crippen LogP contribution in [0.5, 0.6) is 5.75 Å². The average molecular weight is 376 g/mol. The van der Waals surface area contributed by atoms with E-state index in [9.17, 15) is 24.6 Å². The Balaban J connectivity index is 1.92. The van der Waals surface area contributed by atoms with E-state index in [0.717, 1.165) is 15.2 Å². The van der Waals surface area contributed by atoms with Crippen LogP contribution in [0.4, 0.5) is 0 Å². The summed E-state index contributed by atoms with van der Waals surface area (Å²) in [6.45, 7) is -0.851. The lowest BCUT2D eigenvalue weighted by atomic mass is 10.1. The van der Waals surface area contributed by atoms with Gasteiger partial charge < -0.3 is 19.7 Å². The maximum absolute atomic E-state index is 12.7. The van der Waals surface area contributed by atoms with Crippen molar-refractivity contribution in [2.24, 2.45) is 0 Å². The second-order valence-corrected chi connectivity index (χ2v) is 6.17. The largest absolute Gasteiger partial charge is 0.496 e. The van der Waals surface area contributed by atoms with E-state index < -0.39 is 48.6 Å². The molecule has 3 atom stereocenters. The number of rotatable bonds is 6. The summed E-state index contributed by atoms with van der Waals surface area (Å²) in [5.74, 6) is -0.107. The van der Waals surface area contributed by atoms with Gasteiger partial charge in [-0.3, -0.25) is 18.7 Å². The molecule has 3 rings (SSSR count). The van der Waals surface area contributed by atoms with Crippen molar-refractivity contribution in [2.75, 3.05) is 13.7 Å². The van der Waals surface area contributed by atoms with Gasteiger partial charge in [0.2, 0.25) is 0 Å². The zero-order valence-electron chi connectivity index (χ0n) is 14.6. The van der Waals surface area contributed by atoms with Crippen LogP contribution in [0.25, 0.3) is 0 Å². The van der Waals surface area contributed by atoms with Crippen molar-refractivity contribution in [3.8, 4) is 5.75 Å². The molecule has 1 fully saturated rings. The predicted molar refractivity (Wildman–Crippen MR) is 93.9 cm³/mol. The van der Waals surface area contributed by atoms with Crippen LogP contribution in [0.1, 0.15) is 23.0 Å². The van der Waals surface area contributed by atoms with E-state index in [-0.39, 0.29) is 12.0 Å². The molecule has 144 valence electrons. The van der Waals surface area contributed by atoms with Crippen LogP contribution >= 0.6 is 0 Å². The van der Waals surface area contributed by atoms with E-state index in [1.54, 1.807) is 24.3 Å². The standard InChI is InChI=1S/C18H20N2O7/c1-26-14-5-3-2-4-11(14)13(23)9-20-16(24)6-7-19(18(20)25)17-8-12(22)15(10-21)27-17/h2-7,12,15,17,21-22H,8-10H2,1H3/t12-,15+,17+/m0/s1. The molecule has 1 aliphatic heterocycles. The molecule has 2 heterocycles. The van der Waals surface area contributed by atoms with Crippen LogP contribution in [0, 0.1) is 0 Å². The lowest BCUT2D eigenvalue weighted by Crippen LogP contribution is -2.42. The van der Waals surface area contributed by atoms with Crippen LogP contribution in [-0.2, 0) is 11.3 Å². The lowest BCUT2D eigenvalue weighted by Gasteiger charge is -2.16. The number of benzene rings is 1. The van der Waals surface area contributed by atoms with Gasteiger partial charge in [-0.2, -0.15) is 0 Å². The Hall–Kier alpha value is -2.75. The highest BCUT2D eigenvalue weighted by Gasteiger charge is 2.35. The van der Waals surface area contributed by atoms with Crippen molar-refractivity contribution in [1.29, 1.82) is 0 Å². The highest BCUT2D eigenvalue weighted by molar-refractivity contribution is 5.98. The number of ether oxygens (including phenoxy) is 2. The quantitative estimate of drug-likeness (QED) is 0.655. The van der Waals surface area contributed by atoms with Gasteiger partial charge in [-0.1, -0.05) is 12.1 Å². The summed E-state index contributed by atoms with van der Waals surface area (Å²) in [6.07, 6.45) is -1.23. The molecular formula is C18H20N2O7. The maximum atomic E-state index is 12.7. The molecule has 0 amide bonds. The van der Waals surface area contributed by atoms with Crippen molar-refractivity contribution >= 4 is 5.78 Å². The normalized spacial score (nSPS) is 22.0. The molecule has 0 spiro atoms. The number of methoxy groups -OCH3 is 1. The molecule has 1 aromatic carbocycles. The second-order valence-electron chi connectivity index (χ2n) is 6.17. The van der Waals surface area contributed by atoms with Gasteiger partial charge in [0.15, 0.2) is 5.78 Å². The minimum Gasteiger partial charge on any atom is -0.496 e. The average Bonchev–Trinajstić information content (AvgIpc) is 3.05. The first-order chi connectivity index (χ1) is 13.0. The Bertz CT molecular complexity index is 949. The Morgan fingerprint density at radius 3 is 2.70 bits per heavy atom. The number of hydrogen-bond donors (Lipinski definition) is 2. The fraction of sp³-hybridized carbons (Fsp3) is 0.389. The van der Waals surface area contributed by atoms with Gasteiger partial charge in [-0.15, -0.1) is 0 Å². The number of hydrogen-bond acceptors (Lipinski definition) is 7. The number of aromatic nitrogens is 2. The summed E-state index contributed by atoms with van der Waals surface area (Å²) in [4.78, 5) is 37.5. The molecule has 27 heavy (non-hydrogen) atoms. The second kappa shape index (κ2) is 7.87. The zero-order valence-corrected chi connectivity index (χ0v) is 14.6. The number of Topliss-reactive ketones (excluding diaryl/α,β-unsaturated/α-hetero) is 1. The third-order valence-corrected chi connectivity index (χ3v) is 4.50. The summed E-state index contributed by atoms with van der Waals surface area (Å²) < 4.78 is 12.5. The van der Waals surface area contributed by atoms with Gasteiger partial charge >= 0.3 is 5.69 Å². The van der Waals surface area contributed by atoms with Crippen LogP contribution in [-0.4, -0.2) is 51.1 Å². The Kier molecular flexibility index (Phi) is 5.54. The Morgan fingerprint density at radius 1 is 1.30 bits per heavy atom. The van der Waals surface area contributed by atoms with E-state index in [1.807, 2.05) is 0 Å². The van der Waals surface area contributed by atoms with Gasteiger partial charge in [0.25, 0.3) is 5.56 Å². The summed E-state index contributed by atoms with van der Waals surface area (Å²) in [6, 6.07) is 7.68. The maximum Gasteiger partial charge on any atom is 0.333 e. The molecule has 1 saturated heterocycles. The van der Waals surface area contributed by atoms with E-state index >= 15 is 0 Å². The van der Waals surface area contributed by atoms with Crippen molar-refractivity contribution in [3.63, 3.8) is 0 Å².